The van der Waals surface area contributed by atoms with Gasteiger partial charge in [0.15, 0.2) is 0 Å². The Bertz CT molecular complexity index is 1020. The SMILES string of the molecule is CC[C@]1(Nc2cc(Cl)cc(C(=O)NCc3c(C)cc(C)[nH]c3=O)c2C)CC[C@H](O)CC1. The van der Waals surface area contributed by atoms with Crippen molar-refractivity contribution in [1.82, 2.24) is 10.3 Å². The second-order valence-electron chi connectivity index (χ2n) is 8.74. The number of carbonyl (C=O) groups is 1. The van der Waals surface area contributed by atoms with Crippen molar-refractivity contribution in [3.63, 3.8) is 0 Å². The molecular formula is C24H32ClN3O3. The van der Waals surface area contributed by atoms with Gasteiger partial charge in [0.05, 0.1) is 6.10 Å². The Morgan fingerprint density at radius 3 is 2.52 bits per heavy atom. The predicted octanol–water partition coefficient (Wildman–Crippen LogP) is 4.38. The lowest BCUT2D eigenvalue weighted by molar-refractivity contribution is 0.0950. The van der Waals surface area contributed by atoms with E-state index in [1.807, 2.05) is 32.9 Å². The molecule has 1 heterocycles. The lowest BCUT2D eigenvalue weighted by Crippen LogP contribution is -2.42. The highest BCUT2D eigenvalue weighted by Gasteiger charge is 2.33. The standard InChI is InChI=1S/C24H32ClN3O3/c1-5-24(8-6-18(29)7-9-24)28-21-12-17(25)11-19(16(21)4)22(30)26-13-20-14(2)10-15(3)27-23(20)31/h10-12,18,28-29H,5-9,13H2,1-4H3,(H,26,30)(H,27,31)/t18-,24-. The summed E-state index contributed by atoms with van der Waals surface area (Å²) in [4.78, 5) is 28.0. The van der Waals surface area contributed by atoms with E-state index in [1.165, 1.54) is 0 Å². The summed E-state index contributed by atoms with van der Waals surface area (Å²) < 4.78 is 0. The van der Waals surface area contributed by atoms with Crippen molar-refractivity contribution in [3.8, 4) is 0 Å². The number of hydrogen-bond acceptors (Lipinski definition) is 4. The van der Waals surface area contributed by atoms with Gasteiger partial charge in [-0.1, -0.05) is 18.5 Å². The molecule has 1 saturated carbocycles. The highest BCUT2D eigenvalue weighted by molar-refractivity contribution is 6.31. The molecule has 1 aromatic heterocycles. The minimum atomic E-state index is -0.271. The van der Waals surface area contributed by atoms with Crippen LogP contribution in [0.25, 0.3) is 0 Å². The average molecular weight is 446 g/mol. The topological polar surface area (TPSA) is 94.2 Å². The van der Waals surface area contributed by atoms with Crippen LogP contribution in [0.15, 0.2) is 23.0 Å². The van der Waals surface area contributed by atoms with Crippen LogP contribution >= 0.6 is 11.6 Å². The molecule has 3 rings (SSSR count). The average Bonchev–Trinajstić information content (AvgIpc) is 2.71. The van der Waals surface area contributed by atoms with Gasteiger partial charge in [0.2, 0.25) is 0 Å². The number of aromatic nitrogens is 1. The summed E-state index contributed by atoms with van der Waals surface area (Å²) in [5.74, 6) is -0.271. The molecule has 0 radical (unpaired) electrons. The molecule has 0 bridgehead atoms. The number of aliphatic hydroxyl groups excluding tert-OH is 1. The van der Waals surface area contributed by atoms with Gasteiger partial charge in [-0.05, 0) is 82.2 Å². The Balaban J connectivity index is 1.81. The first-order valence-electron chi connectivity index (χ1n) is 10.9. The van der Waals surface area contributed by atoms with Gasteiger partial charge in [0.1, 0.15) is 0 Å². The number of anilines is 1. The summed E-state index contributed by atoms with van der Waals surface area (Å²) in [6.07, 6.45) is 3.94. The zero-order valence-electron chi connectivity index (χ0n) is 18.7. The quantitative estimate of drug-likeness (QED) is 0.530. The Hall–Kier alpha value is -2.31. The molecule has 2 aromatic rings. The summed E-state index contributed by atoms with van der Waals surface area (Å²) in [6.45, 7) is 7.88. The van der Waals surface area contributed by atoms with E-state index in [2.05, 4.69) is 22.5 Å². The molecule has 0 atom stereocenters. The normalized spacial score (nSPS) is 21.0. The number of H-pyrrole nitrogens is 1. The van der Waals surface area contributed by atoms with E-state index in [-0.39, 0.29) is 29.7 Å². The van der Waals surface area contributed by atoms with E-state index in [0.717, 1.165) is 54.6 Å². The van der Waals surface area contributed by atoms with Crippen LogP contribution in [0, 0.1) is 20.8 Å². The molecule has 31 heavy (non-hydrogen) atoms. The predicted molar refractivity (Wildman–Crippen MR) is 125 cm³/mol. The number of benzene rings is 1. The fourth-order valence-corrected chi connectivity index (χ4v) is 4.64. The molecule has 0 aliphatic heterocycles. The third-order valence-electron chi connectivity index (χ3n) is 6.53. The van der Waals surface area contributed by atoms with Crippen LogP contribution in [-0.4, -0.2) is 27.6 Å². The summed E-state index contributed by atoms with van der Waals surface area (Å²) in [7, 11) is 0. The number of amides is 1. The van der Waals surface area contributed by atoms with E-state index in [1.54, 1.807) is 6.07 Å². The van der Waals surface area contributed by atoms with Gasteiger partial charge in [-0.2, -0.15) is 0 Å². The van der Waals surface area contributed by atoms with E-state index >= 15 is 0 Å². The number of aromatic amines is 1. The van der Waals surface area contributed by atoms with Gasteiger partial charge in [0, 0.05) is 39.6 Å². The molecule has 1 aliphatic carbocycles. The molecule has 0 unspecified atom stereocenters. The maximum atomic E-state index is 13.0. The van der Waals surface area contributed by atoms with Crippen molar-refractivity contribution >= 4 is 23.2 Å². The minimum absolute atomic E-state index is 0.116. The molecule has 1 amide bonds. The lowest BCUT2D eigenvalue weighted by Gasteiger charge is -2.40. The van der Waals surface area contributed by atoms with Crippen LogP contribution in [0.4, 0.5) is 5.69 Å². The number of nitrogens with one attached hydrogen (secondary N) is 3. The van der Waals surface area contributed by atoms with Gasteiger partial charge >= 0.3 is 0 Å². The van der Waals surface area contributed by atoms with Gasteiger partial charge < -0.3 is 20.7 Å². The monoisotopic (exact) mass is 445 g/mol. The molecular weight excluding hydrogens is 414 g/mol. The van der Waals surface area contributed by atoms with Crippen LogP contribution in [0.2, 0.25) is 5.02 Å². The zero-order valence-corrected chi connectivity index (χ0v) is 19.4. The first kappa shape index (κ1) is 23.4. The van der Waals surface area contributed by atoms with E-state index in [4.69, 9.17) is 11.6 Å². The molecule has 0 spiro atoms. The summed E-state index contributed by atoms with van der Waals surface area (Å²) >= 11 is 6.37. The van der Waals surface area contributed by atoms with Gasteiger partial charge in [-0.25, -0.2) is 0 Å². The molecule has 1 aliphatic rings. The number of pyridine rings is 1. The van der Waals surface area contributed by atoms with Crippen LogP contribution in [0.1, 0.15) is 71.8 Å². The third kappa shape index (κ3) is 5.31. The van der Waals surface area contributed by atoms with Gasteiger partial charge in [-0.15, -0.1) is 0 Å². The van der Waals surface area contributed by atoms with Crippen LogP contribution in [-0.2, 0) is 6.54 Å². The van der Waals surface area contributed by atoms with Crippen molar-refractivity contribution < 1.29 is 9.90 Å². The second kappa shape index (κ2) is 9.45. The molecule has 4 N–H and O–H groups in total. The second-order valence-corrected chi connectivity index (χ2v) is 9.18. The summed E-state index contributed by atoms with van der Waals surface area (Å²) in [6, 6.07) is 5.40. The van der Waals surface area contributed by atoms with Crippen molar-refractivity contribution in [2.75, 3.05) is 5.32 Å². The number of aryl methyl sites for hydroxylation is 2. The summed E-state index contributed by atoms with van der Waals surface area (Å²) in [5.41, 5.74) is 4.01. The molecule has 6 nitrogen and oxygen atoms in total. The number of hydrogen-bond donors (Lipinski definition) is 4. The Morgan fingerprint density at radius 1 is 1.23 bits per heavy atom. The van der Waals surface area contributed by atoms with Crippen molar-refractivity contribution in [2.45, 2.75) is 78.0 Å². The van der Waals surface area contributed by atoms with Gasteiger partial charge in [-0.3, -0.25) is 9.59 Å². The molecule has 0 saturated heterocycles. The van der Waals surface area contributed by atoms with Crippen molar-refractivity contribution in [3.05, 3.63) is 61.5 Å². The Morgan fingerprint density at radius 2 is 1.90 bits per heavy atom. The highest BCUT2D eigenvalue weighted by Crippen LogP contribution is 2.36. The first-order chi connectivity index (χ1) is 14.6. The first-order valence-corrected chi connectivity index (χ1v) is 11.3. The summed E-state index contributed by atoms with van der Waals surface area (Å²) in [5, 5.41) is 16.9. The molecule has 1 fully saturated rings. The van der Waals surface area contributed by atoms with Crippen LogP contribution in [0.5, 0.6) is 0 Å². The molecule has 7 heteroatoms. The van der Waals surface area contributed by atoms with Crippen LogP contribution < -0.4 is 16.2 Å². The zero-order chi connectivity index (χ0) is 22.8. The highest BCUT2D eigenvalue weighted by atomic mass is 35.5. The Kier molecular flexibility index (Phi) is 7.12. The van der Waals surface area contributed by atoms with Crippen molar-refractivity contribution in [2.24, 2.45) is 0 Å². The lowest BCUT2D eigenvalue weighted by atomic mass is 9.78. The smallest absolute Gasteiger partial charge is 0.253 e. The maximum Gasteiger partial charge on any atom is 0.253 e. The van der Waals surface area contributed by atoms with E-state index < -0.39 is 0 Å². The van der Waals surface area contributed by atoms with E-state index in [0.29, 0.717) is 16.1 Å². The number of carbonyl (C=O) groups excluding carboxylic acids is 1. The van der Waals surface area contributed by atoms with Crippen molar-refractivity contribution in [1.29, 1.82) is 0 Å². The maximum absolute atomic E-state index is 13.0. The molecule has 1 aromatic carbocycles. The van der Waals surface area contributed by atoms with Crippen LogP contribution in [0.3, 0.4) is 0 Å². The number of halogens is 1. The van der Waals surface area contributed by atoms with Gasteiger partial charge in [0.25, 0.3) is 11.5 Å². The number of rotatable bonds is 6. The largest absolute Gasteiger partial charge is 0.393 e. The fourth-order valence-electron chi connectivity index (χ4n) is 4.42. The molecule has 168 valence electrons. The third-order valence-corrected chi connectivity index (χ3v) is 6.74. The number of aliphatic hydroxyl groups is 1. The Labute approximate surface area is 188 Å². The fraction of sp³-hybridized carbons (Fsp3) is 0.500. The minimum Gasteiger partial charge on any atom is -0.393 e. The van der Waals surface area contributed by atoms with E-state index in [9.17, 15) is 14.7 Å².